The molecule has 65 heavy (non-hydrogen) atoms. The van der Waals surface area contributed by atoms with Gasteiger partial charge >= 0.3 is 19.8 Å². The van der Waals surface area contributed by atoms with E-state index < -0.39 is 62.6 Å². The Morgan fingerprint density at radius 1 is 0.692 bits per heavy atom. The highest BCUT2D eigenvalue weighted by atomic mass is 31.2. The van der Waals surface area contributed by atoms with Crippen molar-refractivity contribution in [3.05, 3.63) is 48.6 Å². The second-order valence-electron chi connectivity index (χ2n) is 18.8. The Balaban J connectivity index is 2.47. The first-order valence-corrected chi connectivity index (χ1v) is 26.5. The predicted octanol–water partition coefficient (Wildman–Crippen LogP) is 10.2. The summed E-state index contributed by atoms with van der Waals surface area (Å²) in [6, 6.07) is 0. The van der Waals surface area contributed by atoms with E-state index in [-0.39, 0.29) is 51.1 Å². The molecule has 1 rings (SSSR count). The summed E-state index contributed by atoms with van der Waals surface area (Å²) in [4.78, 5) is 48.6. The van der Waals surface area contributed by atoms with Gasteiger partial charge in [-0.25, -0.2) is 4.57 Å². The fourth-order valence-corrected chi connectivity index (χ4v) is 8.29. The van der Waals surface area contributed by atoms with Crippen LogP contribution in [0, 0.1) is 11.8 Å². The Hall–Kier alpha value is -2.48. The summed E-state index contributed by atoms with van der Waals surface area (Å²) in [5, 5.41) is 31.4. The molecule has 0 saturated heterocycles. The number of aliphatic hydroxyl groups is 3. The second kappa shape index (κ2) is 37.5. The zero-order chi connectivity index (χ0) is 48.2. The van der Waals surface area contributed by atoms with E-state index in [1.165, 1.54) is 32.1 Å². The average molecular weight is 941 g/mol. The molecule has 14 heteroatoms. The molecule has 4 N–H and O–H groups in total. The first kappa shape index (κ1) is 60.5. The molecule has 1 aliphatic carbocycles. The molecule has 0 amide bonds. The van der Waals surface area contributed by atoms with Gasteiger partial charge in [-0.2, -0.15) is 0 Å². The van der Waals surface area contributed by atoms with Crippen molar-refractivity contribution in [1.29, 1.82) is 0 Å². The molecule has 0 aromatic rings. The monoisotopic (exact) mass is 941 g/mol. The van der Waals surface area contributed by atoms with Crippen LogP contribution in [0.3, 0.4) is 0 Å². The van der Waals surface area contributed by atoms with Crippen molar-refractivity contribution in [2.24, 2.45) is 11.8 Å². The third-order valence-electron chi connectivity index (χ3n) is 11.6. The lowest BCUT2D eigenvalue weighted by atomic mass is 9.87. The largest absolute Gasteiger partial charge is 0.472 e. The lowest BCUT2D eigenvalue weighted by Gasteiger charge is -2.24. The van der Waals surface area contributed by atoms with Gasteiger partial charge in [0.05, 0.1) is 46.1 Å². The Morgan fingerprint density at radius 3 is 1.89 bits per heavy atom. The molecule has 0 bridgehead atoms. The molecule has 0 spiro atoms. The minimum absolute atomic E-state index is 0.0397. The van der Waals surface area contributed by atoms with Crippen LogP contribution in [0.5, 0.6) is 0 Å². The topological polar surface area (TPSA) is 186 Å². The molecule has 376 valence electrons. The molecule has 1 unspecified atom stereocenters. The van der Waals surface area contributed by atoms with Crippen molar-refractivity contribution in [3.8, 4) is 0 Å². The number of rotatable bonds is 41. The number of phosphoric acid groups is 1. The number of Topliss-reactive ketones (excluding diaryl/α,β-unsaturated/α-hetero) is 1. The van der Waals surface area contributed by atoms with Crippen molar-refractivity contribution < 1.29 is 62.2 Å². The molecule has 1 aliphatic rings. The van der Waals surface area contributed by atoms with Gasteiger partial charge in [0.1, 0.15) is 25.5 Å². The second-order valence-corrected chi connectivity index (χ2v) is 20.3. The van der Waals surface area contributed by atoms with Crippen LogP contribution in [0.25, 0.3) is 0 Å². The Labute approximate surface area is 393 Å². The standard InChI is InChI=1S/C51H90NO12P/c1-6-8-10-11-12-13-14-15-16-17-18-19-20-21-22-23-24-25-26-28-33-50(57)61-41-45(42-63-65(59,60)62-38-37-52(3,4)5)64-51(58)34-30-29-32-44(54)39-47-46(48(55)40-49(47)56)36-35-43(53)31-27-9-7-2/h13-14,16-17,19-20,35-36,43,45-49,53,55-56H,6-12,15,18,21-34,37-42H2,1-5H3/p+1/b14-13-,17-16-,20-19-,36-35+/t43-,45+,46+,47+,48+,49-/m0/s1. The maximum atomic E-state index is 12.9. The quantitative estimate of drug-likeness (QED) is 0.0150. The molecule has 0 aromatic carbocycles. The normalized spacial score (nSPS) is 20.0. The molecular weight excluding hydrogens is 850 g/mol. The van der Waals surface area contributed by atoms with Gasteiger partial charge in [-0.15, -0.1) is 0 Å². The molecule has 7 atom stereocenters. The van der Waals surface area contributed by atoms with Crippen molar-refractivity contribution in [1.82, 2.24) is 0 Å². The van der Waals surface area contributed by atoms with E-state index >= 15 is 0 Å². The van der Waals surface area contributed by atoms with E-state index in [9.17, 15) is 39.2 Å². The zero-order valence-corrected chi connectivity index (χ0v) is 41.9. The molecular formula is C51H91NO12P+. The minimum Gasteiger partial charge on any atom is -0.462 e. The van der Waals surface area contributed by atoms with Crippen molar-refractivity contribution >= 4 is 25.5 Å². The average Bonchev–Trinajstić information content (AvgIpc) is 3.51. The van der Waals surface area contributed by atoms with Gasteiger partial charge < -0.3 is 34.2 Å². The van der Waals surface area contributed by atoms with Crippen LogP contribution >= 0.6 is 7.82 Å². The summed E-state index contributed by atoms with van der Waals surface area (Å²) in [6.07, 6.45) is 33.5. The van der Waals surface area contributed by atoms with Gasteiger partial charge in [-0.05, 0) is 64.2 Å². The molecule has 0 radical (unpaired) electrons. The molecule has 0 aromatic heterocycles. The Kier molecular flexibility index (Phi) is 34.9. The minimum atomic E-state index is -4.49. The fraction of sp³-hybridized carbons (Fsp3) is 0.784. The zero-order valence-electron chi connectivity index (χ0n) is 41.0. The molecule has 0 heterocycles. The van der Waals surface area contributed by atoms with Crippen LogP contribution in [0.2, 0.25) is 0 Å². The smallest absolute Gasteiger partial charge is 0.462 e. The van der Waals surface area contributed by atoms with Gasteiger partial charge in [0.25, 0.3) is 0 Å². The highest BCUT2D eigenvalue weighted by molar-refractivity contribution is 7.47. The van der Waals surface area contributed by atoms with E-state index in [1.807, 2.05) is 21.1 Å². The number of allylic oxidation sites excluding steroid dienone is 6. The number of ether oxygens (including phenoxy) is 2. The maximum absolute atomic E-state index is 12.9. The Morgan fingerprint density at radius 2 is 1.25 bits per heavy atom. The van der Waals surface area contributed by atoms with Gasteiger partial charge in [-0.3, -0.25) is 23.4 Å². The van der Waals surface area contributed by atoms with Crippen LogP contribution in [0.1, 0.15) is 174 Å². The van der Waals surface area contributed by atoms with Crippen molar-refractivity contribution in [3.63, 3.8) is 0 Å². The molecule has 1 saturated carbocycles. The van der Waals surface area contributed by atoms with Crippen molar-refractivity contribution in [2.75, 3.05) is 47.5 Å². The summed E-state index contributed by atoms with van der Waals surface area (Å²) in [6.45, 7) is 3.85. The number of hydrogen-bond donors (Lipinski definition) is 4. The first-order valence-electron chi connectivity index (χ1n) is 25.0. The van der Waals surface area contributed by atoms with Gasteiger partial charge in [0.15, 0.2) is 6.10 Å². The number of ketones is 1. The van der Waals surface area contributed by atoms with Crippen LogP contribution < -0.4 is 0 Å². The number of quaternary nitrogens is 1. The third kappa shape index (κ3) is 34.5. The number of phosphoric ester groups is 1. The van der Waals surface area contributed by atoms with E-state index in [2.05, 4.69) is 50.3 Å². The summed E-state index contributed by atoms with van der Waals surface area (Å²) < 4.78 is 34.2. The number of carbonyl (C=O) groups is 3. The highest BCUT2D eigenvalue weighted by Gasteiger charge is 2.41. The molecule has 13 nitrogen and oxygen atoms in total. The van der Waals surface area contributed by atoms with Crippen LogP contribution in [0.4, 0.5) is 0 Å². The van der Waals surface area contributed by atoms with E-state index in [1.54, 1.807) is 12.2 Å². The van der Waals surface area contributed by atoms with Crippen LogP contribution in [0.15, 0.2) is 48.6 Å². The lowest BCUT2D eigenvalue weighted by molar-refractivity contribution is -0.870. The number of carbonyl (C=O) groups excluding carboxylic acids is 3. The third-order valence-corrected chi connectivity index (χ3v) is 12.5. The maximum Gasteiger partial charge on any atom is 0.472 e. The van der Waals surface area contributed by atoms with Crippen molar-refractivity contribution in [2.45, 2.75) is 199 Å². The van der Waals surface area contributed by atoms with Gasteiger partial charge in [0.2, 0.25) is 0 Å². The number of unbranched alkanes of at least 4 members (excludes halogenated alkanes) is 13. The van der Waals surface area contributed by atoms with E-state index in [0.717, 1.165) is 70.6 Å². The number of likely N-dealkylation sites (N-methyl/N-ethyl adjacent to an activating group) is 1. The summed E-state index contributed by atoms with van der Waals surface area (Å²) in [7, 11) is 1.24. The van der Waals surface area contributed by atoms with Crippen LogP contribution in [-0.4, -0.2) is 114 Å². The Bertz CT molecular complexity index is 1430. The van der Waals surface area contributed by atoms with E-state index in [4.69, 9.17) is 18.5 Å². The lowest BCUT2D eigenvalue weighted by Crippen LogP contribution is -2.37. The number of nitrogens with zero attached hydrogens (tertiary/aromatic N) is 1. The fourth-order valence-electron chi connectivity index (χ4n) is 7.55. The highest BCUT2D eigenvalue weighted by Crippen LogP contribution is 2.43. The summed E-state index contributed by atoms with van der Waals surface area (Å²) in [5.74, 6) is -2.11. The first-order chi connectivity index (χ1) is 31.1. The van der Waals surface area contributed by atoms with Gasteiger partial charge in [-0.1, -0.05) is 127 Å². The molecule has 0 aliphatic heterocycles. The number of esters is 2. The van der Waals surface area contributed by atoms with Crippen LogP contribution in [-0.2, 0) is 37.5 Å². The number of aliphatic hydroxyl groups excluding tert-OH is 3. The molecule has 1 fully saturated rings. The number of hydrogen-bond acceptors (Lipinski definition) is 11. The summed E-state index contributed by atoms with van der Waals surface area (Å²) >= 11 is 0. The van der Waals surface area contributed by atoms with Gasteiger partial charge in [0, 0.05) is 43.9 Å². The predicted molar refractivity (Wildman–Crippen MR) is 259 cm³/mol. The SMILES string of the molecule is CCCCCC/C=C\C/C=C\C/C=C\CCCCCCCCC(=O)OC[C@H](COP(=O)(O)OCC[N+](C)(C)C)OC(=O)CCCCC(=O)C[C@@H]1[C@@H](/C=C/[C@@H](O)CCCCC)[C@H](O)C[C@@H]1O. The van der Waals surface area contributed by atoms with E-state index in [0.29, 0.717) is 36.7 Å². The summed E-state index contributed by atoms with van der Waals surface area (Å²) in [5.41, 5.74) is 0.